The summed E-state index contributed by atoms with van der Waals surface area (Å²) in [5, 5.41) is -0.473. The van der Waals surface area contributed by atoms with Crippen molar-refractivity contribution in [2.24, 2.45) is 0 Å². The first-order valence-electron chi connectivity index (χ1n) is 7.80. The zero-order valence-corrected chi connectivity index (χ0v) is 14.8. The van der Waals surface area contributed by atoms with Gasteiger partial charge in [0.15, 0.2) is 0 Å². The van der Waals surface area contributed by atoms with Crippen LogP contribution in [0.25, 0.3) is 0 Å². The Morgan fingerprint density at radius 3 is 2.57 bits per heavy atom. The van der Waals surface area contributed by atoms with Gasteiger partial charge in [0.1, 0.15) is 5.75 Å². The highest BCUT2D eigenvalue weighted by molar-refractivity contribution is 7.90. The molecule has 1 fully saturated rings. The van der Waals surface area contributed by atoms with E-state index in [0.717, 1.165) is 17.7 Å². The van der Waals surface area contributed by atoms with Gasteiger partial charge >= 0.3 is 0 Å². The zero-order valence-electron chi connectivity index (χ0n) is 14.0. The van der Waals surface area contributed by atoms with Crippen LogP contribution in [0.15, 0.2) is 24.3 Å². The summed E-state index contributed by atoms with van der Waals surface area (Å²) < 4.78 is 38.6. The second kappa shape index (κ2) is 8.10. The Morgan fingerprint density at radius 2 is 2.04 bits per heavy atom. The van der Waals surface area contributed by atoms with Crippen LogP contribution in [0.3, 0.4) is 0 Å². The Kier molecular flexibility index (Phi) is 6.41. The number of nitrogens with zero attached hydrogens (tertiary/aromatic N) is 1. The number of nitrogens with one attached hydrogen (secondary N) is 1. The lowest BCUT2D eigenvalue weighted by atomic mass is 10.1. The van der Waals surface area contributed by atoms with Crippen molar-refractivity contribution in [3.8, 4) is 5.75 Å². The quantitative estimate of drug-likeness (QED) is 0.811. The minimum atomic E-state index is -3.42. The predicted octanol–water partition coefficient (Wildman–Crippen LogP) is 1.40. The van der Waals surface area contributed by atoms with Gasteiger partial charge in [-0.25, -0.2) is 13.1 Å². The zero-order chi connectivity index (χ0) is 16.9. The van der Waals surface area contributed by atoms with Crippen molar-refractivity contribution in [1.29, 1.82) is 0 Å². The molecule has 1 N–H and O–H groups in total. The molecule has 6 nitrogen and oxygen atoms in total. The van der Waals surface area contributed by atoms with Gasteiger partial charge in [0.05, 0.1) is 25.0 Å². The van der Waals surface area contributed by atoms with Crippen LogP contribution < -0.4 is 9.46 Å². The highest BCUT2D eigenvalue weighted by Crippen LogP contribution is 2.22. The summed E-state index contributed by atoms with van der Waals surface area (Å²) in [7, 11) is 2.03. The molecule has 23 heavy (non-hydrogen) atoms. The van der Waals surface area contributed by atoms with E-state index in [-0.39, 0.29) is 12.6 Å². The van der Waals surface area contributed by atoms with E-state index in [1.807, 2.05) is 43.3 Å². The Morgan fingerprint density at radius 1 is 1.35 bits per heavy atom. The standard InChI is InChI=1S/C16H26N2O4S/c1-18(2)11-16(13-6-8-14(21-3)9-7-13)17-23(19,20)15-5-4-10-22-12-15/h6-9,15-17H,4-5,10-12H2,1-3H3/t15-,16-/m1/s1. The number of methoxy groups -OCH3 is 1. The fraction of sp³-hybridized carbons (Fsp3) is 0.625. The minimum absolute atomic E-state index is 0.270. The maximum Gasteiger partial charge on any atom is 0.217 e. The number of sulfonamides is 1. The van der Waals surface area contributed by atoms with Gasteiger partial charge in [0.25, 0.3) is 0 Å². The van der Waals surface area contributed by atoms with E-state index >= 15 is 0 Å². The third-order valence-corrected chi connectivity index (χ3v) is 5.79. The molecule has 0 bridgehead atoms. The molecule has 1 aliphatic rings. The van der Waals surface area contributed by atoms with Crippen LogP contribution in [0, 0.1) is 0 Å². The molecule has 7 heteroatoms. The van der Waals surface area contributed by atoms with E-state index in [1.54, 1.807) is 7.11 Å². The van der Waals surface area contributed by atoms with Crippen molar-refractivity contribution in [3.63, 3.8) is 0 Å². The number of likely N-dealkylation sites (N-methyl/N-ethyl adjacent to an activating group) is 1. The van der Waals surface area contributed by atoms with Crippen molar-refractivity contribution in [3.05, 3.63) is 29.8 Å². The molecule has 2 atom stereocenters. The lowest BCUT2D eigenvalue weighted by molar-refractivity contribution is 0.0986. The first kappa shape index (κ1) is 18.2. The normalized spacial score (nSPS) is 20.4. The average molecular weight is 342 g/mol. The third-order valence-electron chi connectivity index (χ3n) is 3.93. The monoisotopic (exact) mass is 342 g/mol. The molecule has 0 spiro atoms. The van der Waals surface area contributed by atoms with Crippen LogP contribution in [0.2, 0.25) is 0 Å². The van der Waals surface area contributed by atoms with Crippen molar-refractivity contribution >= 4 is 10.0 Å². The highest BCUT2D eigenvalue weighted by Gasteiger charge is 2.30. The van der Waals surface area contributed by atoms with Gasteiger partial charge in [-0.05, 0) is 44.6 Å². The number of benzene rings is 1. The molecule has 0 saturated carbocycles. The Bertz CT molecular complexity index is 581. The summed E-state index contributed by atoms with van der Waals surface area (Å²) >= 11 is 0. The van der Waals surface area contributed by atoms with Gasteiger partial charge in [0.2, 0.25) is 10.0 Å². The van der Waals surface area contributed by atoms with Crippen LogP contribution in [-0.4, -0.2) is 59.5 Å². The fourth-order valence-corrected chi connectivity index (χ4v) is 4.21. The van der Waals surface area contributed by atoms with Crippen LogP contribution >= 0.6 is 0 Å². The molecule has 130 valence electrons. The second-order valence-corrected chi connectivity index (χ2v) is 8.08. The summed E-state index contributed by atoms with van der Waals surface area (Å²) in [5.41, 5.74) is 0.916. The van der Waals surface area contributed by atoms with Crippen LogP contribution in [0.4, 0.5) is 0 Å². The van der Waals surface area contributed by atoms with Crippen LogP contribution in [0.5, 0.6) is 5.75 Å². The van der Waals surface area contributed by atoms with Gasteiger partial charge in [-0.2, -0.15) is 0 Å². The number of rotatable bonds is 7. The van der Waals surface area contributed by atoms with E-state index in [2.05, 4.69) is 4.72 Å². The van der Waals surface area contributed by atoms with E-state index in [4.69, 9.17) is 9.47 Å². The molecule has 0 amide bonds. The Balaban J connectivity index is 2.16. The molecule has 1 aromatic carbocycles. The molecular weight excluding hydrogens is 316 g/mol. The predicted molar refractivity (Wildman–Crippen MR) is 90.2 cm³/mol. The molecule has 1 aliphatic heterocycles. The topological polar surface area (TPSA) is 67.9 Å². The summed E-state index contributed by atoms with van der Waals surface area (Å²) in [5.74, 6) is 0.751. The number of ether oxygens (including phenoxy) is 2. The summed E-state index contributed by atoms with van der Waals surface area (Å²) in [6.45, 7) is 1.50. The first-order valence-corrected chi connectivity index (χ1v) is 9.34. The van der Waals surface area contributed by atoms with Crippen molar-refractivity contribution in [2.75, 3.05) is 41.0 Å². The molecule has 1 aromatic rings. The number of hydrogen-bond acceptors (Lipinski definition) is 5. The van der Waals surface area contributed by atoms with E-state index < -0.39 is 15.3 Å². The van der Waals surface area contributed by atoms with Gasteiger partial charge in [-0.15, -0.1) is 0 Å². The Labute approximate surface area is 138 Å². The fourth-order valence-electron chi connectivity index (χ4n) is 2.66. The average Bonchev–Trinajstić information content (AvgIpc) is 2.54. The van der Waals surface area contributed by atoms with E-state index in [9.17, 15) is 8.42 Å². The third kappa shape index (κ3) is 5.17. The van der Waals surface area contributed by atoms with Gasteiger partial charge in [-0.3, -0.25) is 0 Å². The minimum Gasteiger partial charge on any atom is -0.497 e. The molecule has 0 aliphatic carbocycles. The number of hydrogen-bond donors (Lipinski definition) is 1. The SMILES string of the molecule is COc1ccc([C@@H](CN(C)C)NS(=O)(=O)[C@@H]2CCCOC2)cc1. The maximum absolute atomic E-state index is 12.6. The second-order valence-electron chi connectivity index (χ2n) is 6.09. The van der Waals surface area contributed by atoms with Crippen molar-refractivity contribution in [1.82, 2.24) is 9.62 Å². The van der Waals surface area contributed by atoms with E-state index in [1.165, 1.54) is 0 Å². The molecule has 0 radical (unpaired) electrons. The first-order chi connectivity index (χ1) is 10.9. The summed E-state index contributed by atoms with van der Waals surface area (Å²) in [6, 6.07) is 7.18. The lowest BCUT2D eigenvalue weighted by Crippen LogP contribution is -2.43. The van der Waals surface area contributed by atoms with Crippen LogP contribution in [0.1, 0.15) is 24.4 Å². The summed E-state index contributed by atoms with van der Waals surface area (Å²) in [6.07, 6.45) is 1.43. The molecule has 1 saturated heterocycles. The van der Waals surface area contributed by atoms with Crippen molar-refractivity contribution in [2.45, 2.75) is 24.1 Å². The smallest absolute Gasteiger partial charge is 0.217 e. The van der Waals surface area contributed by atoms with E-state index in [0.29, 0.717) is 19.6 Å². The Hall–Kier alpha value is -1.15. The molecule has 2 rings (SSSR count). The molecule has 0 unspecified atom stereocenters. The van der Waals surface area contributed by atoms with Crippen LogP contribution in [-0.2, 0) is 14.8 Å². The largest absolute Gasteiger partial charge is 0.497 e. The van der Waals surface area contributed by atoms with Gasteiger partial charge in [0, 0.05) is 13.2 Å². The maximum atomic E-state index is 12.6. The molecular formula is C16H26N2O4S. The molecule has 1 heterocycles. The van der Waals surface area contributed by atoms with Gasteiger partial charge in [-0.1, -0.05) is 12.1 Å². The molecule has 0 aromatic heterocycles. The van der Waals surface area contributed by atoms with Crippen molar-refractivity contribution < 1.29 is 17.9 Å². The summed E-state index contributed by atoms with van der Waals surface area (Å²) in [4.78, 5) is 1.97. The highest BCUT2D eigenvalue weighted by atomic mass is 32.2. The lowest BCUT2D eigenvalue weighted by Gasteiger charge is -2.27. The van der Waals surface area contributed by atoms with Gasteiger partial charge < -0.3 is 14.4 Å².